The summed E-state index contributed by atoms with van der Waals surface area (Å²) in [7, 11) is 0. The average Bonchev–Trinajstić information content (AvgIpc) is 4.09. The van der Waals surface area contributed by atoms with Crippen LogP contribution in [0.1, 0.15) is 0 Å². The molecular weight excluding hydrogens is 765 g/mol. The molecule has 0 radical (unpaired) electrons. The first-order chi connectivity index (χ1) is 30.7. The number of fused-ring (bicyclic) bond motifs is 13. The number of benzene rings is 9. The second-order valence-corrected chi connectivity index (χ2v) is 15.9. The van der Waals surface area contributed by atoms with Crippen LogP contribution in [0.3, 0.4) is 0 Å². The average molecular weight is 795 g/mol. The maximum Gasteiger partial charge on any atom is 0.167 e. The highest BCUT2D eigenvalue weighted by Gasteiger charge is 2.24. The van der Waals surface area contributed by atoms with E-state index in [2.05, 4.69) is 114 Å². The van der Waals surface area contributed by atoms with E-state index in [0.29, 0.717) is 17.5 Å². The summed E-state index contributed by atoms with van der Waals surface area (Å²) < 4.78 is 22.1. The normalized spacial score (nSPS) is 12.2. The first kappa shape index (κ1) is 33.3. The summed E-state index contributed by atoms with van der Waals surface area (Å²) in [6.07, 6.45) is 0. The molecule has 0 unspecified atom stereocenters. The Kier molecular flexibility index (Phi) is 6.71. The smallest absolute Gasteiger partial charge is 0.167 e. The summed E-state index contributed by atoms with van der Waals surface area (Å²) in [6, 6.07) is 62.7. The lowest BCUT2D eigenvalue weighted by Crippen LogP contribution is -2.02. The number of para-hydroxylation sites is 5. The van der Waals surface area contributed by atoms with Crippen LogP contribution in [-0.4, -0.2) is 19.5 Å². The maximum atomic E-state index is 6.83. The molecule has 5 heterocycles. The van der Waals surface area contributed by atoms with Gasteiger partial charge in [0.2, 0.25) is 0 Å². The number of aromatic nitrogens is 4. The minimum Gasteiger partial charge on any atom is -0.456 e. The molecule has 0 N–H and O–H groups in total. The Bertz CT molecular complexity index is 4190. The van der Waals surface area contributed by atoms with Crippen LogP contribution in [0.5, 0.6) is 0 Å². The summed E-state index contributed by atoms with van der Waals surface area (Å²) >= 11 is 0. The van der Waals surface area contributed by atoms with Crippen LogP contribution >= 0.6 is 0 Å². The number of hydrogen-bond donors (Lipinski definition) is 0. The van der Waals surface area contributed by atoms with Crippen molar-refractivity contribution in [2.45, 2.75) is 0 Å². The van der Waals surface area contributed by atoms with Crippen molar-refractivity contribution < 1.29 is 13.3 Å². The Hall–Kier alpha value is -8.55. The van der Waals surface area contributed by atoms with Crippen molar-refractivity contribution in [3.8, 4) is 39.9 Å². The second-order valence-electron chi connectivity index (χ2n) is 15.9. The van der Waals surface area contributed by atoms with E-state index in [0.717, 1.165) is 115 Å². The molecule has 0 atom stereocenters. The Morgan fingerprint density at radius 2 is 0.903 bits per heavy atom. The zero-order valence-corrected chi connectivity index (χ0v) is 32.8. The van der Waals surface area contributed by atoms with Crippen molar-refractivity contribution in [1.29, 1.82) is 0 Å². The minimum atomic E-state index is 0.501. The molecule has 14 aromatic rings. The molecule has 0 aliphatic carbocycles. The second kappa shape index (κ2) is 12.5. The van der Waals surface area contributed by atoms with E-state index in [4.69, 9.17) is 28.2 Å². The van der Waals surface area contributed by atoms with Crippen LogP contribution in [0.15, 0.2) is 195 Å². The fourth-order valence-corrected chi connectivity index (χ4v) is 9.65. The molecule has 62 heavy (non-hydrogen) atoms. The number of rotatable bonds is 4. The van der Waals surface area contributed by atoms with Crippen molar-refractivity contribution in [1.82, 2.24) is 19.5 Å². The fraction of sp³-hybridized carbons (Fsp3) is 0. The van der Waals surface area contributed by atoms with E-state index in [1.54, 1.807) is 0 Å². The monoisotopic (exact) mass is 794 g/mol. The van der Waals surface area contributed by atoms with E-state index < -0.39 is 0 Å². The Balaban J connectivity index is 1.10. The van der Waals surface area contributed by atoms with E-state index in [-0.39, 0.29) is 0 Å². The number of nitrogens with zero attached hydrogens (tertiary/aromatic N) is 4. The first-order valence-corrected chi connectivity index (χ1v) is 20.7. The molecule has 14 rings (SSSR count). The Labute approximate surface area is 351 Å². The van der Waals surface area contributed by atoms with Gasteiger partial charge in [-0.2, -0.15) is 0 Å². The molecule has 9 aromatic carbocycles. The van der Waals surface area contributed by atoms with E-state index in [9.17, 15) is 0 Å². The quantitative estimate of drug-likeness (QED) is 0.176. The number of hydrogen-bond acceptors (Lipinski definition) is 6. The van der Waals surface area contributed by atoms with Gasteiger partial charge in [-0.05, 0) is 71.4 Å². The highest BCUT2D eigenvalue weighted by molar-refractivity contribution is 6.17. The lowest BCUT2D eigenvalue weighted by atomic mass is 10.0. The fourth-order valence-electron chi connectivity index (χ4n) is 9.65. The van der Waals surface area contributed by atoms with E-state index in [1.165, 1.54) is 5.39 Å². The van der Waals surface area contributed by atoms with Crippen LogP contribution in [0.2, 0.25) is 0 Å². The van der Waals surface area contributed by atoms with Crippen LogP contribution in [0.25, 0.3) is 138 Å². The zero-order valence-electron chi connectivity index (χ0n) is 32.8. The van der Waals surface area contributed by atoms with Crippen LogP contribution in [0.4, 0.5) is 0 Å². The molecule has 0 bridgehead atoms. The van der Waals surface area contributed by atoms with Crippen LogP contribution in [0, 0.1) is 0 Å². The van der Waals surface area contributed by atoms with Gasteiger partial charge in [0.25, 0.3) is 0 Å². The third-order valence-electron chi connectivity index (χ3n) is 12.4. The largest absolute Gasteiger partial charge is 0.456 e. The van der Waals surface area contributed by atoms with Crippen LogP contribution in [-0.2, 0) is 0 Å². The SMILES string of the molecule is c1ccc2cc3c(cc2c1)c1ccccc1n3-c1cc(-c2nc(-c3cccc4c3oc3ccccc34)nc(-c3cccc4oc5ccccc5c34)n2)cc2c1oc1ccccc12. The predicted molar refractivity (Wildman–Crippen MR) is 250 cm³/mol. The maximum absolute atomic E-state index is 6.83. The molecule has 0 spiro atoms. The molecule has 0 amide bonds. The molecule has 0 fully saturated rings. The van der Waals surface area contributed by atoms with Gasteiger partial charge in [0.05, 0.1) is 22.3 Å². The van der Waals surface area contributed by atoms with Gasteiger partial charge in [0.1, 0.15) is 27.9 Å². The third-order valence-corrected chi connectivity index (χ3v) is 12.4. The molecule has 288 valence electrons. The summed E-state index contributed by atoms with van der Waals surface area (Å²) in [4.78, 5) is 16.0. The van der Waals surface area contributed by atoms with Crippen LogP contribution < -0.4 is 0 Å². The molecule has 7 nitrogen and oxygen atoms in total. The predicted octanol–water partition coefficient (Wildman–Crippen LogP) is 14.8. The van der Waals surface area contributed by atoms with Crippen molar-refractivity contribution in [3.63, 3.8) is 0 Å². The molecule has 0 aliphatic rings. The van der Waals surface area contributed by atoms with Crippen molar-refractivity contribution >= 4 is 98.4 Å². The molecular formula is C55H30N4O3. The van der Waals surface area contributed by atoms with Gasteiger partial charge in [-0.25, -0.2) is 15.0 Å². The standard InChI is InChI=1S/C55H30N4O3/c1-2-14-32-29-44-41(27-31(32)13-1)34-15-3-7-22-43(34)59(44)45-30-33(28-42-36-17-5-9-24-47(36)62-52(42)45)53-56-54(39-20-12-26-49-50(39)38-18-6-10-25-48(38)60-49)58-55(57-53)40-21-11-19-37-35-16-4-8-23-46(35)61-51(37)40/h1-30H. The van der Waals surface area contributed by atoms with E-state index in [1.807, 2.05) is 72.8 Å². The van der Waals surface area contributed by atoms with Gasteiger partial charge in [-0.1, -0.05) is 121 Å². The van der Waals surface area contributed by atoms with E-state index >= 15 is 0 Å². The molecule has 0 saturated heterocycles. The third kappa shape index (κ3) is 4.73. The first-order valence-electron chi connectivity index (χ1n) is 20.7. The minimum absolute atomic E-state index is 0.501. The summed E-state index contributed by atoms with van der Waals surface area (Å²) in [5.74, 6) is 1.54. The molecule has 5 aromatic heterocycles. The van der Waals surface area contributed by atoms with Crippen molar-refractivity contribution in [2.75, 3.05) is 0 Å². The lowest BCUT2D eigenvalue weighted by Gasteiger charge is -2.13. The van der Waals surface area contributed by atoms with Gasteiger partial charge < -0.3 is 17.8 Å². The molecule has 7 heteroatoms. The Morgan fingerprint density at radius 1 is 0.339 bits per heavy atom. The van der Waals surface area contributed by atoms with Crippen molar-refractivity contribution in [2.24, 2.45) is 0 Å². The Morgan fingerprint density at radius 3 is 1.71 bits per heavy atom. The number of furan rings is 3. The van der Waals surface area contributed by atoms with Gasteiger partial charge in [0.15, 0.2) is 23.1 Å². The highest BCUT2D eigenvalue weighted by Crippen LogP contribution is 2.43. The topological polar surface area (TPSA) is 83.0 Å². The van der Waals surface area contributed by atoms with Gasteiger partial charge in [-0.15, -0.1) is 0 Å². The summed E-state index contributed by atoms with van der Waals surface area (Å²) in [5.41, 5.74) is 10.2. The summed E-state index contributed by atoms with van der Waals surface area (Å²) in [5, 5.41) is 10.6. The van der Waals surface area contributed by atoms with Crippen molar-refractivity contribution in [3.05, 3.63) is 182 Å². The van der Waals surface area contributed by atoms with Gasteiger partial charge in [0, 0.05) is 54.2 Å². The molecule has 0 saturated carbocycles. The zero-order chi connectivity index (χ0) is 40.5. The molecule has 0 aliphatic heterocycles. The van der Waals surface area contributed by atoms with Gasteiger partial charge in [-0.3, -0.25) is 0 Å². The van der Waals surface area contributed by atoms with Gasteiger partial charge >= 0.3 is 0 Å². The highest BCUT2D eigenvalue weighted by atomic mass is 16.3. The lowest BCUT2D eigenvalue weighted by molar-refractivity contribution is 0.666. The summed E-state index contributed by atoms with van der Waals surface area (Å²) in [6.45, 7) is 0.